The van der Waals surface area contributed by atoms with Crippen LogP contribution in [-0.4, -0.2) is 61.6 Å². The molecule has 3 aliphatic rings. The smallest absolute Gasteiger partial charge is 0.469 e. The lowest BCUT2D eigenvalue weighted by molar-refractivity contribution is -0.750. The van der Waals surface area contributed by atoms with Crippen LogP contribution in [0, 0.1) is 0 Å². The number of nitrogens with zero attached hydrogens (tertiary/aromatic N) is 5. The largest absolute Gasteiger partial charge is 0.524 e. The van der Waals surface area contributed by atoms with E-state index >= 15 is 0 Å². The summed E-state index contributed by atoms with van der Waals surface area (Å²) in [6.07, 6.45) is 2.04. The molecule has 0 bridgehead atoms. The molecule has 1 atom stereocenters. The Morgan fingerprint density at radius 2 is 1.96 bits per heavy atom. The summed E-state index contributed by atoms with van der Waals surface area (Å²) in [5, 5.41) is 11.1. The van der Waals surface area contributed by atoms with Crippen LogP contribution in [0.15, 0.2) is 40.5 Å². The van der Waals surface area contributed by atoms with Gasteiger partial charge in [0.1, 0.15) is 11.8 Å². The molecule has 8 heteroatoms. The van der Waals surface area contributed by atoms with E-state index in [1.165, 1.54) is 0 Å². The lowest BCUT2D eigenvalue weighted by Crippen LogP contribution is -2.34. The summed E-state index contributed by atoms with van der Waals surface area (Å²) >= 11 is 3.27. The third-order valence-corrected chi connectivity index (χ3v) is 6.32. The van der Waals surface area contributed by atoms with E-state index in [0.717, 1.165) is 16.4 Å². The Morgan fingerprint density at radius 3 is 2.65 bits per heavy atom. The average molecular weight is 347 g/mol. The molecule has 1 aromatic rings. The molecule has 0 aromatic heterocycles. The van der Waals surface area contributed by atoms with Crippen LogP contribution in [0.1, 0.15) is 12.5 Å². The molecular weight excluding hydrogens is 330 g/mol. The molecule has 0 saturated heterocycles. The van der Waals surface area contributed by atoms with Crippen molar-refractivity contribution in [2.75, 3.05) is 20.7 Å². The number of hydrazone groups is 2. The molecule has 1 aromatic carbocycles. The molecule has 118 valence electrons. The third-order valence-electron chi connectivity index (χ3n) is 3.57. The SMILES string of the molecule is CCOC1=N[N+]2=CC(c3ccccc3)=[N+]3N=C(N(C)C)SC23S1. The number of hydrogen-bond acceptors (Lipinski definition) is 6. The minimum absolute atomic E-state index is 0.449. The van der Waals surface area contributed by atoms with Gasteiger partial charge in [0, 0.05) is 28.6 Å². The number of thioether (sulfide) groups is 2. The first kappa shape index (κ1) is 14.8. The molecule has 4 rings (SSSR count). The lowest BCUT2D eigenvalue weighted by atomic mass is 10.1. The zero-order chi connectivity index (χ0) is 16.0. The highest BCUT2D eigenvalue weighted by Crippen LogP contribution is 2.50. The molecule has 1 spiro atoms. The van der Waals surface area contributed by atoms with E-state index in [0.29, 0.717) is 11.8 Å². The van der Waals surface area contributed by atoms with E-state index in [2.05, 4.69) is 17.2 Å². The van der Waals surface area contributed by atoms with Crippen molar-refractivity contribution in [1.29, 1.82) is 0 Å². The first-order chi connectivity index (χ1) is 11.1. The van der Waals surface area contributed by atoms with Gasteiger partial charge in [-0.05, 0) is 19.1 Å². The van der Waals surface area contributed by atoms with Crippen molar-refractivity contribution in [1.82, 2.24) is 4.90 Å². The molecule has 0 fully saturated rings. The highest BCUT2D eigenvalue weighted by atomic mass is 32.2. The standard InChI is InChI=1S/C15H17N5OS2/c1-4-21-14-17-19-10-12(11-8-6-5-7-9-11)20-15(19,23-14)22-13(16-20)18(2)3/h5-10H,4H2,1-3H3/q+2. The Balaban J connectivity index is 1.83. The Labute approximate surface area is 143 Å². The van der Waals surface area contributed by atoms with E-state index < -0.39 is 4.33 Å². The minimum Gasteiger partial charge on any atom is -0.469 e. The van der Waals surface area contributed by atoms with E-state index in [1.54, 1.807) is 23.5 Å². The van der Waals surface area contributed by atoms with Crippen molar-refractivity contribution in [2.24, 2.45) is 10.2 Å². The molecule has 0 aliphatic carbocycles. The summed E-state index contributed by atoms with van der Waals surface area (Å²) in [4.78, 5) is 2.03. The number of benzene rings is 1. The number of rotatable bonds is 2. The van der Waals surface area contributed by atoms with Gasteiger partial charge in [0.05, 0.1) is 29.0 Å². The number of ether oxygens (including phenoxy) is 1. The van der Waals surface area contributed by atoms with E-state index in [1.807, 2.05) is 59.7 Å². The summed E-state index contributed by atoms with van der Waals surface area (Å²) < 4.78 is 9.17. The second kappa shape index (κ2) is 5.38. The van der Waals surface area contributed by atoms with Crippen molar-refractivity contribution in [3.63, 3.8) is 0 Å². The van der Waals surface area contributed by atoms with E-state index in [9.17, 15) is 0 Å². The second-order valence-electron chi connectivity index (χ2n) is 5.37. The van der Waals surface area contributed by atoms with Crippen molar-refractivity contribution in [3.05, 3.63) is 35.9 Å². The van der Waals surface area contributed by atoms with Crippen molar-refractivity contribution in [2.45, 2.75) is 11.3 Å². The molecule has 1 unspecified atom stereocenters. The number of hydrogen-bond donors (Lipinski definition) is 0. The van der Waals surface area contributed by atoms with Crippen LogP contribution in [-0.2, 0) is 4.74 Å². The molecule has 3 aliphatic heterocycles. The Morgan fingerprint density at radius 1 is 1.17 bits per heavy atom. The zero-order valence-corrected chi connectivity index (χ0v) is 14.8. The molecule has 23 heavy (non-hydrogen) atoms. The monoisotopic (exact) mass is 347 g/mol. The van der Waals surface area contributed by atoms with Gasteiger partial charge in [-0.2, -0.15) is 0 Å². The summed E-state index contributed by atoms with van der Waals surface area (Å²) in [5.74, 6) is 0. The molecule has 0 N–H and O–H groups in total. The predicted octanol–water partition coefficient (Wildman–Crippen LogP) is 1.83. The maximum atomic E-state index is 5.62. The first-order valence-corrected chi connectivity index (χ1v) is 8.99. The number of amidine groups is 1. The molecule has 0 saturated carbocycles. The fraction of sp³-hybridized carbons (Fsp3) is 0.333. The fourth-order valence-electron chi connectivity index (χ4n) is 2.53. The maximum Gasteiger partial charge on any atom is 0.524 e. The van der Waals surface area contributed by atoms with Crippen LogP contribution in [0.2, 0.25) is 0 Å². The lowest BCUT2D eigenvalue weighted by Gasteiger charge is -2.07. The summed E-state index contributed by atoms with van der Waals surface area (Å²) in [5.41, 5.74) is 2.17. The van der Waals surface area contributed by atoms with Crippen molar-refractivity contribution < 1.29 is 14.1 Å². The summed E-state index contributed by atoms with van der Waals surface area (Å²) in [7, 11) is 4.01. The van der Waals surface area contributed by atoms with Gasteiger partial charge in [0.15, 0.2) is 0 Å². The van der Waals surface area contributed by atoms with Crippen LogP contribution in [0.4, 0.5) is 0 Å². The Bertz CT molecular complexity index is 784. The fourth-order valence-corrected chi connectivity index (χ4v) is 5.03. The Hall–Kier alpha value is -1.80. The van der Waals surface area contributed by atoms with Gasteiger partial charge in [-0.3, -0.25) is 0 Å². The van der Waals surface area contributed by atoms with Gasteiger partial charge < -0.3 is 9.64 Å². The van der Waals surface area contributed by atoms with E-state index in [-0.39, 0.29) is 0 Å². The average Bonchev–Trinajstić information content (AvgIpc) is 3.14. The van der Waals surface area contributed by atoms with Crippen LogP contribution in [0.25, 0.3) is 0 Å². The normalized spacial score (nSPS) is 24.9. The highest BCUT2D eigenvalue weighted by Gasteiger charge is 2.73. The molecule has 0 amide bonds. The first-order valence-electron chi connectivity index (χ1n) is 7.36. The Kier molecular flexibility index (Phi) is 3.46. The third kappa shape index (κ3) is 2.20. The van der Waals surface area contributed by atoms with Crippen LogP contribution >= 0.6 is 23.5 Å². The quantitative estimate of drug-likeness (QED) is 0.766. The van der Waals surface area contributed by atoms with Crippen molar-refractivity contribution >= 4 is 45.8 Å². The van der Waals surface area contributed by atoms with Gasteiger partial charge in [0.2, 0.25) is 5.17 Å². The molecule has 6 nitrogen and oxygen atoms in total. The molecule has 3 heterocycles. The van der Waals surface area contributed by atoms with Crippen LogP contribution in [0.5, 0.6) is 0 Å². The summed E-state index contributed by atoms with van der Waals surface area (Å²) in [6, 6.07) is 10.3. The van der Waals surface area contributed by atoms with E-state index in [4.69, 9.17) is 9.84 Å². The van der Waals surface area contributed by atoms with Gasteiger partial charge in [-0.15, -0.1) is 0 Å². The second-order valence-corrected chi connectivity index (χ2v) is 7.88. The van der Waals surface area contributed by atoms with Gasteiger partial charge >= 0.3 is 15.3 Å². The zero-order valence-electron chi connectivity index (χ0n) is 13.1. The van der Waals surface area contributed by atoms with Crippen LogP contribution in [0.3, 0.4) is 0 Å². The van der Waals surface area contributed by atoms with Gasteiger partial charge in [0.25, 0.3) is 6.21 Å². The topological polar surface area (TPSA) is 43.2 Å². The highest BCUT2D eigenvalue weighted by molar-refractivity contribution is 8.30. The molecular formula is C15H17N5OS2+2. The predicted molar refractivity (Wildman–Crippen MR) is 95.2 cm³/mol. The van der Waals surface area contributed by atoms with Gasteiger partial charge in [-0.1, -0.05) is 18.2 Å². The van der Waals surface area contributed by atoms with Crippen LogP contribution < -0.4 is 0 Å². The van der Waals surface area contributed by atoms with Crippen molar-refractivity contribution in [3.8, 4) is 0 Å². The molecule has 0 radical (unpaired) electrons. The summed E-state index contributed by atoms with van der Waals surface area (Å²) in [6.45, 7) is 2.58. The minimum atomic E-state index is -0.449. The van der Waals surface area contributed by atoms with Gasteiger partial charge in [-0.25, -0.2) is 0 Å². The maximum absolute atomic E-state index is 5.62.